The Morgan fingerprint density at radius 1 is 0.848 bits per heavy atom. The van der Waals surface area contributed by atoms with Gasteiger partial charge in [-0.05, 0) is 25.7 Å². The lowest BCUT2D eigenvalue weighted by Crippen LogP contribution is -2.38. The third-order valence-electron chi connectivity index (χ3n) is 6.28. The second-order valence-corrected chi connectivity index (χ2v) is 9.85. The van der Waals surface area contributed by atoms with E-state index in [2.05, 4.69) is 91.5 Å². The van der Waals surface area contributed by atoms with E-state index >= 15 is 0 Å². The topological polar surface area (TPSA) is 28.5 Å². The predicted octanol–water partition coefficient (Wildman–Crippen LogP) is 7.60. The van der Waals surface area contributed by atoms with E-state index in [0.29, 0.717) is 0 Å². The number of nitrogens with zero attached hydrogens (tertiary/aromatic N) is 3. The van der Waals surface area contributed by atoms with Gasteiger partial charge in [0.05, 0.1) is 0 Å². The number of benzene rings is 3. The zero-order valence-electron chi connectivity index (χ0n) is 19.2. The molecule has 1 saturated heterocycles. The zero-order valence-corrected chi connectivity index (χ0v) is 20.1. The monoisotopic (exact) mass is 451 g/mol. The average Bonchev–Trinajstić information content (AvgIpc) is 3.29. The van der Waals surface area contributed by atoms with E-state index in [0.717, 1.165) is 51.7 Å². The number of hydrogen-bond acceptors (Lipinski definition) is 3. The molecule has 33 heavy (non-hydrogen) atoms. The molecule has 0 radical (unpaired) electrons. The van der Waals surface area contributed by atoms with E-state index < -0.39 is 0 Å². The normalized spacial score (nSPS) is 15.1. The summed E-state index contributed by atoms with van der Waals surface area (Å²) in [4.78, 5) is 12.8. The SMILES string of the molecule is Cc1ccc(/C(=N/c2sc(-c3ccccc3)nc2-c2ccccc2)N2CCC(C)CC2)cc1. The van der Waals surface area contributed by atoms with Gasteiger partial charge >= 0.3 is 0 Å². The Morgan fingerprint density at radius 3 is 2.09 bits per heavy atom. The van der Waals surface area contributed by atoms with E-state index in [9.17, 15) is 0 Å². The van der Waals surface area contributed by atoms with Crippen LogP contribution in [0.4, 0.5) is 5.00 Å². The van der Waals surface area contributed by atoms with E-state index in [1.807, 2.05) is 12.1 Å². The lowest BCUT2D eigenvalue weighted by molar-refractivity contribution is 0.281. The van der Waals surface area contributed by atoms with Crippen LogP contribution in [0, 0.1) is 12.8 Å². The number of likely N-dealkylation sites (tertiary alicyclic amines) is 1. The Labute approximate surface area is 200 Å². The molecule has 3 aromatic carbocycles. The first kappa shape index (κ1) is 21.6. The summed E-state index contributed by atoms with van der Waals surface area (Å²) < 4.78 is 0. The molecule has 0 N–H and O–H groups in total. The molecule has 0 saturated carbocycles. The smallest absolute Gasteiger partial charge is 0.146 e. The average molecular weight is 452 g/mol. The zero-order chi connectivity index (χ0) is 22.6. The number of piperidine rings is 1. The van der Waals surface area contributed by atoms with Crippen LogP contribution in [0.15, 0.2) is 89.9 Å². The first-order valence-corrected chi connectivity index (χ1v) is 12.5. The molecule has 1 fully saturated rings. The number of aliphatic imine (C=N–C) groups is 1. The van der Waals surface area contributed by atoms with Crippen LogP contribution in [0.5, 0.6) is 0 Å². The molecule has 4 heteroatoms. The van der Waals surface area contributed by atoms with Crippen molar-refractivity contribution in [3.8, 4) is 21.8 Å². The second-order valence-electron chi connectivity index (χ2n) is 8.88. The van der Waals surface area contributed by atoms with Gasteiger partial charge in [-0.2, -0.15) is 0 Å². The van der Waals surface area contributed by atoms with Gasteiger partial charge in [-0.3, -0.25) is 0 Å². The molecule has 0 aliphatic carbocycles. The Balaban J connectivity index is 1.64. The highest BCUT2D eigenvalue weighted by atomic mass is 32.1. The van der Waals surface area contributed by atoms with Crippen LogP contribution in [0.1, 0.15) is 30.9 Å². The molecular weight excluding hydrogens is 422 g/mol. The van der Waals surface area contributed by atoms with E-state index in [1.165, 1.54) is 24.0 Å². The number of thiazole rings is 1. The molecule has 0 atom stereocenters. The summed E-state index contributed by atoms with van der Waals surface area (Å²) in [6.07, 6.45) is 2.41. The lowest BCUT2D eigenvalue weighted by Gasteiger charge is -2.33. The number of hydrogen-bond donors (Lipinski definition) is 0. The lowest BCUT2D eigenvalue weighted by atomic mass is 9.98. The van der Waals surface area contributed by atoms with Gasteiger partial charge in [-0.25, -0.2) is 9.98 Å². The molecule has 0 bridgehead atoms. The first-order chi connectivity index (χ1) is 16.2. The van der Waals surface area contributed by atoms with Crippen LogP contribution in [-0.2, 0) is 0 Å². The van der Waals surface area contributed by atoms with Crippen molar-refractivity contribution in [1.82, 2.24) is 9.88 Å². The molecule has 0 amide bonds. The summed E-state index contributed by atoms with van der Waals surface area (Å²) in [6, 6.07) is 29.6. The Morgan fingerprint density at radius 2 is 1.45 bits per heavy atom. The van der Waals surface area contributed by atoms with Crippen molar-refractivity contribution < 1.29 is 0 Å². The highest BCUT2D eigenvalue weighted by molar-refractivity contribution is 7.19. The van der Waals surface area contributed by atoms with E-state index in [1.54, 1.807) is 11.3 Å². The van der Waals surface area contributed by atoms with Gasteiger partial charge in [0, 0.05) is 29.8 Å². The Hall–Kier alpha value is -3.24. The summed E-state index contributed by atoms with van der Waals surface area (Å²) in [5.74, 6) is 1.83. The molecule has 4 aromatic rings. The molecule has 2 heterocycles. The van der Waals surface area contributed by atoms with Gasteiger partial charge in [0.25, 0.3) is 0 Å². The first-order valence-electron chi connectivity index (χ1n) is 11.7. The summed E-state index contributed by atoms with van der Waals surface area (Å²) in [5.41, 5.74) is 5.62. The van der Waals surface area contributed by atoms with Crippen molar-refractivity contribution in [3.63, 3.8) is 0 Å². The standard InChI is InChI=1S/C29H29N3S/c1-21-13-15-24(16-14-21)27(32-19-17-22(2)18-20-32)31-29-26(23-9-5-3-6-10-23)30-28(33-29)25-11-7-4-8-12-25/h3-16,22H,17-20H2,1-2H3/b31-27-. The van der Waals surface area contributed by atoms with Crippen LogP contribution in [-0.4, -0.2) is 28.8 Å². The van der Waals surface area contributed by atoms with Crippen LogP contribution in [0.3, 0.4) is 0 Å². The minimum absolute atomic E-state index is 0.772. The third-order valence-corrected chi connectivity index (χ3v) is 7.28. The fourth-order valence-electron chi connectivity index (χ4n) is 4.21. The van der Waals surface area contributed by atoms with Gasteiger partial charge in [0.15, 0.2) is 0 Å². The second kappa shape index (κ2) is 9.72. The summed E-state index contributed by atoms with van der Waals surface area (Å²) >= 11 is 1.67. The van der Waals surface area contributed by atoms with Crippen molar-refractivity contribution in [1.29, 1.82) is 0 Å². The summed E-state index contributed by atoms with van der Waals surface area (Å²) in [6.45, 7) is 6.56. The minimum Gasteiger partial charge on any atom is -0.356 e. The van der Waals surface area contributed by atoms with Crippen molar-refractivity contribution in [3.05, 3.63) is 96.1 Å². The van der Waals surface area contributed by atoms with Gasteiger partial charge < -0.3 is 4.90 Å². The maximum atomic E-state index is 5.33. The predicted molar refractivity (Wildman–Crippen MR) is 140 cm³/mol. The molecular formula is C29H29N3S. The van der Waals surface area contributed by atoms with Gasteiger partial charge in [0.1, 0.15) is 21.5 Å². The molecule has 1 aliphatic rings. The number of aromatic nitrogens is 1. The van der Waals surface area contributed by atoms with Crippen molar-refractivity contribution >= 4 is 22.2 Å². The molecule has 5 rings (SSSR count). The largest absolute Gasteiger partial charge is 0.356 e. The van der Waals surface area contributed by atoms with Gasteiger partial charge in [0.2, 0.25) is 0 Å². The highest BCUT2D eigenvalue weighted by Crippen LogP contribution is 2.40. The molecule has 1 aromatic heterocycles. The quantitative estimate of drug-likeness (QED) is 0.236. The number of amidine groups is 1. The van der Waals surface area contributed by atoms with Gasteiger partial charge in [-0.15, -0.1) is 0 Å². The molecule has 1 aliphatic heterocycles. The third kappa shape index (κ3) is 4.91. The Kier molecular flexibility index (Phi) is 6.36. The fourth-order valence-corrected chi connectivity index (χ4v) is 5.18. The van der Waals surface area contributed by atoms with Crippen molar-refractivity contribution in [2.24, 2.45) is 10.9 Å². The molecule has 0 spiro atoms. The Bertz CT molecular complexity index is 1220. The summed E-state index contributed by atoms with van der Waals surface area (Å²) in [7, 11) is 0. The molecule has 0 unspecified atom stereocenters. The molecule has 166 valence electrons. The van der Waals surface area contributed by atoms with Crippen LogP contribution < -0.4 is 0 Å². The van der Waals surface area contributed by atoms with Gasteiger partial charge in [-0.1, -0.05) is 109 Å². The van der Waals surface area contributed by atoms with Crippen molar-refractivity contribution in [2.45, 2.75) is 26.7 Å². The van der Waals surface area contributed by atoms with Crippen LogP contribution in [0.2, 0.25) is 0 Å². The van der Waals surface area contributed by atoms with Crippen molar-refractivity contribution in [2.75, 3.05) is 13.1 Å². The highest BCUT2D eigenvalue weighted by Gasteiger charge is 2.22. The minimum atomic E-state index is 0.772. The number of rotatable bonds is 4. The van der Waals surface area contributed by atoms with Crippen LogP contribution in [0.25, 0.3) is 21.8 Å². The maximum Gasteiger partial charge on any atom is 0.146 e. The van der Waals surface area contributed by atoms with E-state index in [4.69, 9.17) is 9.98 Å². The maximum absolute atomic E-state index is 5.33. The van der Waals surface area contributed by atoms with Crippen LogP contribution >= 0.6 is 11.3 Å². The fraction of sp³-hybridized carbons (Fsp3) is 0.241. The molecule has 3 nitrogen and oxygen atoms in total. The number of aryl methyl sites for hydroxylation is 1. The summed E-state index contributed by atoms with van der Waals surface area (Å²) in [5, 5.41) is 1.97. The van der Waals surface area contributed by atoms with E-state index in [-0.39, 0.29) is 0 Å².